The number of halogens is 1. The molecule has 0 amide bonds. The quantitative estimate of drug-likeness (QED) is 0.472. The summed E-state index contributed by atoms with van der Waals surface area (Å²) in [4.78, 5) is 1.68. The lowest BCUT2D eigenvalue weighted by Gasteiger charge is -2.10. The van der Waals surface area contributed by atoms with Gasteiger partial charge >= 0.3 is 0 Å². The highest BCUT2D eigenvalue weighted by molar-refractivity contribution is 4.11. The van der Waals surface area contributed by atoms with Crippen molar-refractivity contribution in [1.82, 2.24) is 0 Å². The molecule has 0 unspecified atom stereocenters. The molecule has 0 aliphatic rings. The molecule has 0 spiro atoms. The van der Waals surface area contributed by atoms with E-state index in [0.717, 1.165) is 0 Å². The standard InChI is InChI=1S/C6H15N.BrH/c1-4-7(5-2)6-3;/h4-6H2,1-3H3;1H. The molecule has 1 nitrogen and oxygen atoms in total. The number of hydrogen-bond donors (Lipinski definition) is 1. The van der Waals surface area contributed by atoms with Crippen LogP contribution < -0.4 is 21.9 Å². The zero-order valence-electron chi connectivity index (χ0n) is 6.00. The Labute approximate surface area is 62.8 Å². The van der Waals surface area contributed by atoms with Crippen molar-refractivity contribution >= 4 is 0 Å². The van der Waals surface area contributed by atoms with E-state index in [1.165, 1.54) is 19.6 Å². The molecule has 0 atom stereocenters. The maximum atomic E-state index is 2.22. The van der Waals surface area contributed by atoms with Gasteiger partial charge in [-0.3, -0.25) is 0 Å². The van der Waals surface area contributed by atoms with Gasteiger partial charge in [0.05, 0.1) is 19.6 Å². The molecule has 0 aromatic carbocycles. The van der Waals surface area contributed by atoms with Crippen LogP contribution in [0.2, 0.25) is 0 Å². The van der Waals surface area contributed by atoms with Gasteiger partial charge in [-0.05, 0) is 20.8 Å². The summed E-state index contributed by atoms with van der Waals surface area (Å²) >= 11 is 0. The minimum atomic E-state index is 0. The van der Waals surface area contributed by atoms with Crippen molar-refractivity contribution in [3.05, 3.63) is 0 Å². The zero-order valence-corrected chi connectivity index (χ0v) is 7.59. The lowest BCUT2D eigenvalue weighted by atomic mass is 10.5. The Morgan fingerprint density at radius 3 is 1.12 bits per heavy atom. The summed E-state index contributed by atoms with van der Waals surface area (Å²) in [6.45, 7) is 10.5. The van der Waals surface area contributed by atoms with E-state index < -0.39 is 0 Å². The Morgan fingerprint density at radius 2 is 1.12 bits per heavy atom. The number of hydrogen-bond acceptors (Lipinski definition) is 0. The predicted octanol–water partition coefficient (Wildman–Crippen LogP) is -3.06. The topological polar surface area (TPSA) is 4.44 Å². The van der Waals surface area contributed by atoms with Crippen molar-refractivity contribution in [2.45, 2.75) is 20.8 Å². The summed E-state index contributed by atoms with van der Waals surface area (Å²) < 4.78 is 0. The minimum absolute atomic E-state index is 0. The average molecular weight is 182 g/mol. The zero-order chi connectivity index (χ0) is 5.70. The SMILES string of the molecule is CC[NH+](CC)CC.[Br-]. The first-order valence-electron chi connectivity index (χ1n) is 3.18. The fraction of sp³-hybridized carbons (Fsp3) is 1.00. The highest BCUT2D eigenvalue weighted by atomic mass is 79.9. The van der Waals surface area contributed by atoms with Gasteiger partial charge in [-0.15, -0.1) is 0 Å². The predicted molar refractivity (Wildman–Crippen MR) is 32.6 cm³/mol. The Kier molecular flexibility index (Phi) is 10.5. The first-order chi connectivity index (χ1) is 3.35. The largest absolute Gasteiger partial charge is 1.00 e. The lowest BCUT2D eigenvalue weighted by Crippen LogP contribution is -3.11. The normalized spacial score (nSPS) is 9.00. The average Bonchev–Trinajstić information content (AvgIpc) is 1.72. The molecule has 0 heterocycles. The molecule has 0 aliphatic carbocycles. The van der Waals surface area contributed by atoms with Gasteiger partial charge in [0, 0.05) is 0 Å². The van der Waals surface area contributed by atoms with Crippen LogP contribution in [0.1, 0.15) is 20.8 Å². The van der Waals surface area contributed by atoms with Gasteiger partial charge in [-0.2, -0.15) is 0 Å². The second-order valence-electron chi connectivity index (χ2n) is 1.81. The van der Waals surface area contributed by atoms with Crippen LogP contribution in [-0.2, 0) is 0 Å². The summed E-state index contributed by atoms with van der Waals surface area (Å²) in [5, 5.41) is 0. The van der Waals surface area contributed by atoms with Gasteiger partial charge in [0.2, 0.25) is 0 Å². The van der Waals surface area contributed by atoms with Crippen molar-refractivity contribution in [3.63, 3.8) is 0 Å². The molecule has 0 aromatic heterocycles. The van der Waals surface area contributed by atoms with E-state index in [1.54, 1.807) is 4.90 Å². The molecule has 0 fully saturated rings. The number of quaternary nitrogens is 1. The van der Waals surface area contributed by atoms with E-state index in [2.05, 4.69) is 20.8 Å². The Bertz CT molecular complexity index is 30.0. The van der Waals surface area contributed by atoms with E-state index >= 15 is 0 Å². The summed E-state index contributed by atoms with van der Waals surface area (Å²) in [5.74, 6) is 0. The molecule has 0 saturated heterocycles. The molecular weight excluding hydrogens is 166 g/mol. The third-order valence-corrected chi connectivity index (χ3v) is 1.50. The van der Waals surface area contributed by atoms with Crippen molar-refractivity contribution in [1.29, 1.82) is 0 Å². The van der Waals surface area contributed by atoms with Crippen LogP contribution >= 0.6 is 0 Å². The third kappa shape index (κ3) is 4.60. The molecule has 0 aliphatic heterocycles. The van der Waals surface area contributed by atoms with Crippen LogP contribution in [0.5, 0.6) is 0 Å². The van der Waals surface area contributed by atoms with Crippen LogP contribution in [0.3, 0.4) is 0 Å². The van der Waals surface area contributed by atoms with Gasteiger partial charge < -0.3 is 21.9 Å². The van der Waals surface area contributed by atoms with Crippen molar-refractivity contribution in [3.8, 4) is 0 Å². The lowest BCUT2D eigenvalue weighted by molar-refractivity contribution is -0.894. The summed E-state index contributed by atoms with van der Waals surface area (Å²) in [6, 6.07) is 0. The second-order valence-corrected chi connectivity index (χ2v) is 1.81. The molecule has 1 N–H and O–H groups in total. The fourth-order valence-corrected chi connectivity index (χ4v) is 0.750. The Morgan fingerprint density at radius 1 is 0.875 bits per heavy atom. The molecule has 0 rings (SSSR count). The van der Waals surface area contributed by atoms with E-state index in [9.17, 15) is 0 Å². The molecule has 2 heteroatoms. The summed E-state index contributed by atoms with van der Waals surface area (Å²) in [7, 11) is 0. The molecule has 0 aromatic rings. The van der Waals surface area contributed by atoms with E-state index in [0.29, 0.717) is 0 Å². The van der Waals surface area contributed by atoms with E-state index in [1.807, 2.05) is 0 Å². The summed E-state index contributed by atoms with van der Waals surface area (Å²) in [6.07, 6.45) is 0. The van der Waals surface area contributed by atoms with Crippen LogP contribution in [-0.4, -0.2) is 19.6 Å². The highest BCUT2D eigenvalue weighted by Gasteiger charge is 1.92. The molecule has 0 saturated carbocycles. The van der Waals surface area contributed by atoms with Crippen LogP contribution in [0.4, 0.5) is 0 Å². The summed E-state index contributed by atoms with van der Waals surface area (Å²) in [5.41, 5.74) is 0. The third-order valence-electron chi connectivity index (χ3n) is 1.50. The van der Waals surface area contributed by atoms with Gasteiger partial charge in [-0.1, -0.05) is 0 Å². The number of rotatable bonds is 3. The Balaban J connectivity index is 0. The minimum Gasteiger partial charge on any atom is -1.00 e. The molecule has 52 valence electrons. The van der Waals surface area contributed by atoms with Crippen molar-refractivity contribution < 1.29 is 21.9 Å². The van der Waals surface area contributed by atoms with Crippen molar-refractivity contribution in [2.24, 2.45) is 0 Å². The van der Waals surface area contributed by atoms with Crippen LogP contribution in [0, 0.1) is 0 Å². The second kappa shape index (κ2) is 7.44. The maximum absolute atomic E-state index is 2.22. The molecule has 0 bridgehead atoms. The van der Waals surface area contributed by atoms with Gasteiger partial charge in [0.1, 0.15) is 0 Å². The van der Waals surface area contributed by atoms with E-state index in [4.69, 9.17) is 0 Å². The Hall–Kier alpha value is 0.440. The monoisotopic (exact) mass is 181 g/mol. The van der Waals surface area contributed by atoms with Crippen molar-refractivity contribution in [2.75, 3.05) is 19.6 Å². The number of nitrogens with one attached hydrogen (secondary N) is 1. The maximum Gasteiger partial charge on any atom is 0.0742 e. The van der Waals surface area contributed by atoms with Gasteiger partial charge in [-0.25, -0.2) is 0 Å². The fourth-order valence-electron chi connectivity index (χ4n) is 0.750. The van der Waals surface area contributed by atoms with Gasteiger partial charge in [0.25, 0.3) is 0 Å². The highest BCUT2D eigenvalue weighted by Crippen LogP contribution is 1.45. The first-order valence-corrected chi connectivity index (χ1v) is 3.18. The van der Waals surface area contributed by atoms with Crippen LogP contribution in [0.15, 0.2) is 0 Å². The van der Waals surface area contributed by atoms with Crippen LogP contribution in [0.25, 0.3) is 0 Å². The molecular formula is C6H16BrN. The smallest absolute Gasteiger partial charge is 0.0742 e. The molecule has 0 radical (unpaired) electrons. The van der Waals surface area contributed by atoms with E-state index in [-0.39, 0.29) is 17.0 Å². The van der Waals surface area contributed by atoms with Gasteiger partial charge in [0.15, 0.2) is 0 Å². The molecule has 8 heavy (non-hydrogen) atoms. The first kappa shape index (κ1) is 11.3.